The Morgan fingerprint density at radius 1 is 1.07 bits per heavy atom. The predicted octanol–water partition coefficient (Wildman–Crippen LogP) is 4.61. The number of hydrogen-bond donors (Lipinski definition) is 1. The maximum atomic E-state index is 9.90. The van der Waals surface area contributed by atoms with E-state index in [1.54, 1.807) is 0 Å². The normalized spacial score (nSPS) is 19.7. The van der Waals surface area contributed by atoms with Crippen molar-refractivity contribution in [3.05, 3.63) is 64.2 Å². The number of aromatic nitrogens is 1. The Labute approximate surface area is 164 Å². The third-order valence-electron chi connectivity index (χ3n) is 5.87. The number of nitrogens with zero attached hydrogens (tertiary/aromatic N) is 2. The molecule has 2 aliphatic rings. The summed E-state index contributed by atoms with van der Waals surface area (Å²) in [7, 11) is 0. The molecule has 3 nitrogen and oxygen atoms in total. The number of pyridine rings is 1. The number of rotatable bonds is 3. The number of halogens is 1. The molecule has 1 aliphatic heterocycles. The van der Waals surface area contributed by atoms with Crippen LogP contribution in [0, 0.1) is 0 Å². The third kappa shape index (κ3) is 3.36. The highest BCUT2D eigenvalue weighted by atomic mass is 35.5. The highest BCUT2D eigenvalue weighted by Gasteiger charge is 2.22. The van der Waals surface area contributed by atoms with E-state index in [0.29, 0.717) is 0 Å². The minimum absolute atomic E-state index is 0.208. The maximum absolute atomic E-state index is 9.90. The molecule has 4 heteroatoms. The molecule has 1 saturated heterocycles. The highest BCUT2D eigenvalue weighted by molar-refractivity contribution is 6.30. The number of hydrogen-bond acceptors (Lipinski definition) is 3. The Balaban J connectivity index is 1.63. The van der Waals surface area contributed by atoms with E-state index < -0.39 is 0 Å². The van der Waals surface area contributed by atoms with Crippen LogP contribution in [0.4, 0.5) is 0 Å². The van der Waals surface area contributed by atoms with Crippen molar-refractivity contribution in [3.63, 3.8) is 0 Å². The van der Waals surface area contributed by atoms with Gasteiger partial charge in [0.05, 0.1) is 17.3 Å². The van der Waals surface area contributed by atoms with Crippen LogP contribution in [0.1, 0.15) is 29.5 Å². The summed E-state index contributed by atoms with van der Waals surface area (Å²) in [5.74, 6) is 0. The summed E-state index contributed by atoms with van der Waals surface area (Å²) in [6, 6.07) is 14.9. The maximum Gasteiger partial charge on any atom is 0.0754 e. The first kappa shape index (κ1) is 17.2. The third-order valence-corrected chi connectivity index (χ3v) is 6.12. The topological polar surface area (TPSA) is 36.4 Å². The van der Waals surface area contributed by atoms with Crippen molar-refractivity contribution in [1.82, 2.24) is 9.88 Å². The van der Waals surface area contributed by atoms with Gasteiger partial charge >= 0.3 is 0 Å². The number of benzene rings is 2. The van der Waals surface area contributed by atoms with E-state index in [4.69, 9.17) is 16.6 Å². The zero-order valence-corrected chi connectivity index (χ0v) is 16.0. The molecular weight excluding hydrogens is 356 g/mol. The Morgan fingerprint density at radius 2 is 1.85 bits per heavy atom. The van der Waals surface area contributed by atoms with Gasteiger partial charge in [0, 0.05) is 35.6 Å². The van der Waals surface area contributed by atoms with Crippen molar-refractivity contribution >= 4 is 22.5 Å². The standard InChI is InChI=1S/C23H23ClN2O/c24-20-6-4-15(5-7-20)23-19(13-26-9-8-21(27)14-26)11-18-10-16-2-1-3-17(16)12-22(18)25-23/h4-7,10-12,21,27H,1-3,8-9,13-14H2/t21-/m0/s1. The van der Waals surface area contributed by atoms with E-state index in [9.17, 15) is 5.11 Å². The quantitative estimate of drug-likeness (QED) is 0.723. The van der Waals surface area contributed by atoms with Crippen molar-refractivity contribution < 1.29 is 5.11 Å². The minimum Gasteiger partial charge on any atom is -0.392 e. The fraction of sp³-hybridized carbons (Fsp3) is 0.348. The van der Waals surface area contributed by atoms with Gasteiger partial charge in [-0.2, -0.15) is 0 Å². The molecule has 0 amide bonds. The van der Waals surface area contributed by atoms with Crippen LogP contribution in [0.25, 0.3) is 22.2 Å². The molecule has 2 heterocycles. The van der Waals surface area contributed by atoms with Gasteiger partial charge in [-0.1, -0.05) is 23.7 Å². The lowest BCUT2D eigenvalue weighted by atomic mass is 10.00. The van der Waals surface area contributed by atoms with Gasteiger partial charge in [-0.3, -0.25) is 4.90 Å². The van der Waals surface area contributed by atoms with E-state index in [0.717, 1.165) is 54.3 Å². The second kappa shape index (κ2) is 6.90. The number of aliphatic hydroxyl groups is 1. The molecule has 0 radical (unpaired) electrons. The molecule has 0 unspecified atom stereocenters. The summed E-state index contributed by atoms with van der Waals surface area (Å²) in [6.07, 6.45) is 4.23. The molecule has 2 aromatic carbocycles. The average Bonchev–Trinajstić information content (AvgIpc) is 3.28. The Morgan fingerprint density at radius 3 is 2.59 bits per heavy atom. The van der Waals surface area contributed by atoms with Crippen molar-refractivity contribution in [3.8, 4) is 11.3 Å². The van der Waals surface area contributed by atoms with Crippen LogP contribution in [0.2, 0.25) is 5.02 Å². The van der Waals surface area contributed by atoms with Crippen LogP contribution in [0.5, 0.6) is 0 Å². The molecule has 0 saturated carbocycles. The first-order chi connectivity index (χ1) is 13.2. The smallest absolute Gasteiger partial charge is 0.0754 e. The van der Waals surface area contributed by atoms with Crippen LogP contribution in [-0.2, 0) is 19.4 Å². The fourth-order valence-electron chi connectivity index (χ4n) is 4.47. The van der Waals surface area contributed by atoms with E-state index in [1.807, 2.05) is 24.3 Å². The average molecular weight is 379 g/mol. The molecule has 0 spiro atoms. The number of β-amino-alcohol motifs (C(OH)–C–C–N with tert-alkyl or cyclic N) is 1. The van der Waals surface area contributed by atoms with Gasteiger partial charge in [-0.25, -0.2) is 4.98 Å². The molecule has 3 aromatic rings. The first-order valence-corrected chi connectivity index (χ1v) is 10.2. The zero-order valence-electron chi connectivity index (χ0n) is 15.3. The number of fused-ring (bicyclic) bond motifs is 2. The molecule has 1 aliphatic carbocycles. The van der Waals surface area contributed by atoms with Crippen LogP contribution >= 0.6 is 11.6 Å². The summed E-state index contributed by atoms with van der Waals surface area (Å²) in [5, 5.41) is 11.9. The van der Waals surface area contributed by atoms with E-state index in [1.165, 1.54) is 34.9 Å². The van der Waals surface area contributed by atoms with E-state index >= 15 is 0 Å². The fourth-order valence-corrected chi connectivity index (χ4v) is 4.59. The zero-order chi connectivity index (χ0) is 18.4. The van der Waals surface area contributed by atoms with Gasteiger partial charge in [0.15, 0.2) is 0 Å². The molecule has 138 valence electrons. The molecule has 0 bridgehead atoms. The summed E-state index contributed by atoms with van der Waals surface area (Å²) >= 11 is 6.10. The van der Waals surface area contributed by atoms with Gasteiger partial charge in [-0.15, -0.1) is 0 Å². The second-order valence-electron chi connectivity index (χ2n) is 7.85. The predicted molar refractivity (Wildman–Crippen MR) is 110 cm³/mol. The Bertz CT molecular complexity index is 999. The van der Waals surface area contributed by atoms with Gasteiger partial charge in [-0.05, 0) is 72.7 Å². The largest absolute Gasteiger partial charge is 0.392 e. The van der Waals surface area contributed by atoms with Gasteiger partial charge < -0.3 is 5.11 Å². The number of aliphatic hydroxyl groups excluding tert-OH is 1. The SMILES string of the molecule is O[C@H]1CCN(Cc2cc3cc4c(cc3nc2-c2ccc(Cl)cc2)CCC4)C1. The van der Waals surface area contributed by atoms with Gasteiger partial charge in [0.2, 0.25) is 0 Å². The van der Waals surface area contributed by atoms with Gasteiger partial charge in [0.1, 0.15) is 0 Å². The lowest BCUT2D eigenvalue weighted by Crippen LogP contribution is -2.22. The van der Waals surface area contributed by atoms with Crippen molar-refractivity contribution in [2.75, 3.05) is 13.1 Å². The van der Waals surface area contributed by atoms with Crippen molar-refractivity contribution in [1.29, 1.82) is 0 Å². The molecule has 1 N–H and O–H groups in total. The monoisotopic (exact) mass is 378 g/mol. The van der Waals surface area contributed by atoms with Crippen LogP contribution in [-0.4, -0.2) is 34.2 Å². The summed E-state index contributed by atoms with van der Waals surface area (Å²) < 4.78 is 0. The molecule has 1 aromatic heterocycles. The van der Waals surface area contributed by atoms with Gasteiger partial charge in [0.25, 0.3) is 0 Å². The lowest BCUT2D eigenvalue weighted by Gasteiger charge is -2.18. The first-order valence-electron chi connectivity index (χ1n) is 9.77. The van der Waals surface area contributed by atoms with Crippen LogP contribution in [0.15, 0.2) is 42.5 Å². The lowest BCUT2D eigenvalue weighted by molar-refractivity contribution is 0.175. The minimum atomic E-state index is -0.208. The van der Waals surface area contributed by atoms with Crippen LogP contribution < -0.4 is 0 Å². The number of aryl methyl sites for hydroxylation is 2. The second-order valence-corrected chi connectivity index (χ2v) is 8.28. The summed E-state index contributed by atoms with van der Waals surface area (Å²) in [4.78, 5) is 7.40. The summed E-state index contributed by atoms with van der Waals surface area (Å²) in [6.45, 7) is 2.49. The number of likely N-dealkylation sites (tertiary alicyclic amines) is 1. The Hall–Kier alpha value is -1.94. The molecule has 27 heavy (non-hydrogen) atoms. The van der Waals surface area contributed by atoms with Crippen molar-refractivity contribution in [2.45, 2.75) is 38.3 Å². The molecular formula is C23H23ClN2O. The summed E-state index contributed by atoms with van der Waals surface area (Å²) in [5.41, 5.74) is 7.34. The van der Waals surface area contributed by atoms with Crippen LogP contribution in [0.3, 0.4) is 0 Å². The highest BCUT2D eigenvalue weighted by Crippen LogP contribution is 2.32. The molecule has 1 atom stereocenters. The Kier molecular flexibility index (Phi) is 4.39. The van der Waals surface area contributed by atoms with E-state index in [2.05, 4.69) is 23.1 Å². The van der Waals surface area contributed by atoms with E-state index in [-0.39, 0.29) is 6.10 Å². The van der Waals surface area contributed by atoms with Crippen molar-refractivity contribution in [2.24, 2.45) is 0 Å². The molecule has 5 rings (SSSR count). The molecule has 1 fully saturated rings.